The minimum absolute atomic E-state index is 0.0941. The molecule has 0 aliphatic rings. The number of aryl methyl sites for hydroxylation is 1. The molecule has 0 bridgehead atoms. The predicted octanol–water partition coefficient (Wildman–Crippen LogP) is 2.77. The van der Waals surface area contributed by atoms with E-state index in [1.54, 1.807) is 13.8 Å². The number of esters is 1. The van der Waals surface area contributed by atoms with E-state index < -0.39 is 17.7 Å². The van der Waals surface area contributed by atoms with Crippen molar-refractivity contribution in [1.29, 1.82) is 0 Å². The van der Waals surface area contributed by atoms with Crippen LogP contribution in [0, 0.1) is 6.92 Å². The van der Waals surface area contributed by atoms with Gasteiger partial charge in [0.15, 0.2) is 5.69 Å². The number of carbonyl (C=O) groups excluding carboxylic acids is 1. The molecule has 0 N–H and O–H groups in total. The molecule has 2 rings (SSSR count). The molecule has 21 heavy (non-hydrogen) atoms. The lowest BCUT2D eigenvalue weighted by atomic mass is 10.2. The molecule has 0 saturated carbocycles. The number of benzene rings is 1. The third kappa shape index (κ3) is 3.04. The summed E-state index contributed by atoms with van der Waals surface area (Å²) in [5.41, 5.74) is -0.0441. The number of rotatable bonds is 3. The maximum absolute atomic E-state index is 12.5. The van der Waals surface area contributed by atoms with Crippen molar-refractivity contribution >= 4 is 5.97 Å². The molecular weight excluding hydrogens is 287 g/mol. The third-order valence-corrected chi connectivity index (χ3v) is 2.75. The van der Waals surface area contributed by atoms with Crippen LogP contribution < -0.4 is 0 Å². The summed E-state index contributed by atoms with van der Waals surface area (Å²) in [7, 11) is 0. The first-order valence-electron chi connectivity index (χ1n) is 6.11. The van der Waals surface area contributed by atoms with Crippen LogP contribution in [0.1, 0.15) is 28.7 Å². The molecule has 0 atom stereocenters. The molecule has 1 aromatic heterocycles. The molecule has 0 fully saturated rings. The molecule has 112 valence electrons. The first kappa shape index (κ1) is 15.0. The standard InChI is InChI=1S/C13H12F3N3O2/c1-3-21-12(20)11-8(2)17-18-19(11)10-6-4-9(5-7-10)13(14,15)16/h4-7H,3H2,1-2H3. The van der Waals surface area contributed by atoms with Crippen molar-refractivity contribution in [2.24, 2.45) is 0 Å². The Kier molecular flexibility index (Phi) is 3.97. The topological polar surface area (TPSA) is 57.0 Å². The van der Waals surface area contributed by atoms with E-state index >= 15 is 0 Å². The van der Waals surface area contributed by atoms with Gasteiger partial charge in [-0.3, -0.25) is 0 Å². The van der Waals surface area contributed by atoms with Gasteiger partial charge in [0.2, 0.25) is 0 Å². The Labute approximate surface area is 118 Å². The molecule has 0 amide bonds. The lowest BCUT2D eigenvalue weighted by Gasteiger charge is -2.09. The fraction of sp³-hybridized carbons (Fsp3) is 0.308. The second-order valence-electron chi connectivity index (χ2n) is 4.20. The highest BCUT2D eigenvalue weighted by Gasteiger charge is 2.30. The molecule has 0 aliphatic heterocycles. The first-order valence-corrected chi connectivity index (χ1v) is 6.11. The molecule has 0 spiro atoms. The molecule has 0 radical (unpaired) electrons. The normalized spacial score (nSPS) is 11.5. The van der Waals surface area contributed by atoms with Gasteiger partial charge < -0.3 is 4.74 Å². The second-order valence-corrected chi connectivity index (χ2v) is 4.20. The van der Waals surface area contributed by atoms with Crippen molar-refractivity contribution in [1.82, 2.24) is 15.0 Å². The van der Waals surface area contributed by atoms with Crippen LogP contribution in [0.3, 0.4) is 0 Å². The van der Waals surface area contributed by atoms with Gasteiger partial charge in [0, 0.05) is 0 Å². The molecule has 1 aromatic carbocycles. The van der Waals surface area contributed by atoms with Crippen molar-refractivity contribution in [2.45, 2.75) is 20.0 Å². The van der Waals surface area contributed by atoms with Crippen LogP contribution in [0.2, 0.25) is 0 Å². The summed E-state index contributed by atoms with van der Waals surface area (Å²) in [5, 5.41) is 7.52. The quantitative estimate of drug-likeness (QED) is 0.818. The summed E-state index contributed by atoms with van der Waals surface area (Å²) in [6.07, 6.45) is -4.42. The van der Waals surface area contributed by atoms with E-state index in [1.165, 1.54) is 12.1 Å². The molecule has 1 heterocycles. The number of alkyl halides is 3. The largest absolute Gasteiger partial charge is 0.461 e. The van der Waals surface area contributed by atoms with Crippen LogP contribution in [0.15, 0.2) is 24.3 Å². The Morgan fingerprint density at radius 2 is 1.90 bits per heavy atom. The lowest BCUT2D eigenvalue weighted by molar-refractivity contribution is -0.137. The lowest BCUT2D eigenvalue weighted by Crippen LogP contribution is -2.13. The van der Waals surface area contributed by atoms with Gasteiger partial charge in [0.25, 0.3) is 0 Å². The summed E-state index contributed by atoms with van der Waals surface area (Å²) in [6, 6.07) is 4.28. The van der Waals surface area contributed by atoms with E-state index in [0.717, 1.165) is 16.8 Å². The minimum atomic E-state index is -4.42. The summed E-state index contributed by atoms with van der Waals surface area (Å²) in [6.45, 7) is 3.40. The predicted molar refractivity (Wildman–Crippen MR) is 67.1 cm³/mol. The van der Waals surface area contributed by atoms with Crippen LogP contribution in [-0.2, 0) is 10.9 Å². The Hall–Kier alpha value is -2.38. The molecule has 2 aromatic rings. The fourth-order valence-corrected chi connectivity index (χ4v) is 1.76. The zero-order valence-electron chi connectivity index (χ0n) is 11.3. The molecule has 0 unspecified atom stereocenters. The van der Waals surface area contributed by atoms with Crippen LogP contribution in [0.5, 0.6) is 0 Å². The Bertz CT molecular complexity index is 648. The van der Waals surface area contributed by atoms with Crippen LogP contribution in [0.4, 0.5) is 13.2 Å². The van der Waals surface area contributed by atoms with Gasteiger partial charge in [-0.2, -0.15) is 13.2 Å². The van der Waals surface area contributed by atoms with E-state index in [-0.39, 0.29) is 12.3 Å². The van der Waals surface area contributed by atoms with E-state index in [1.807, 2.05) is 0 Å². The van der Waals surface area contributed by atoms with Crippen LogP contribution >= 0.6 is 0 Å². The SMILES string of the molecule is CCOC(=O)c1c(C)nnn1-c1ccc(C(F)(F)F)cc1. The molecular formula is C13H12F3N3O2. The van der Waals surface area contributed by atoms with E-state index in [0.29, 0.717) is 11.4 Å². The van der Waals surface area contributed by atoms with Gasteiger partial charge in [-0.1, -0.05) is 5.21 Å². The van der Waals surface area contributed by atoms with Gasteiger partial charge in [-0.25, -0.2) is 9.48 Å². The van der Waals surface area contributed by atoms with Gasteiger partial charge in [0.1, 0.15) is 0 Å². The van der Waals surface area contributed by atoms with Crippen molar-refractivity contribution < 1.29 is 22.7 Å². The average Bonchev–Trinajstić information content (AvgIpc) is 2.80. The van der Waals surface area contributed by atoms with Gasteiger partial charge in [0.05, 0.1) is 23.6 Å². The molecule has 8 heteroatoms. The number of ether oxygens (including phenoxy) is 1. The number of nitrogens with zero attached hydrogens (tertiary/aromatic N) is 3. The smallest absolute Gasteiger partial charge is 0.416 e. The summed E-state index contributed by atoms with van der Waals surface area (Å²) in [5.74, 6) is -0.625. The number of halogens is 3. The average molecular weight is 299 g/mol. The van der Waals surface area contributed by atoms with Crippen molar-refractivity contribution in [3.05, 3.63) is 41.2 Å². The molecule has 5 nitrogen and oxygen atoms in total. The van der Waals surface area contributed by atoms with E-state index in [2.05, 4.69) is 10.3 Å². The minimum Gasteiger partial charge on any atom is -0.461 e. The summed E-state index contributed by atoms with van der Waals surface area (Å²) >= 11 is 0. The maximum Gasteiger partial charge on any atom is 0.416 e. The zero-order valence-corrected chi connectivity index (χ0v) is 11.3. The summed E-state index contributed by atoms with van der Waals surface area (Å²) in [4.78, 5) is 11.8. The van der Waals surface area contributed by atoms with Crippen molar-refractivity contribution in [2.75, 3.05) is 6.61 Å². The monoisotopic (exact) mass is 299 g/mol. The maximum atomic E-state index is 12.5. The summed E-state index contributed by atoms with van der Waals surface area (Å²) < 4.78 is 43.6. The van der Waals surface area contributed by atoms with E-state index in [9.17, 15) is 18.0 Å². The van der Waals surface area contributed by atoms with Crippen molar-refractivity contribution in [3.63, 3.8) is 0 Å². The second kappa shape index (κ2) is 5.55. The Morgan fingerprint density at radius 3 is 2.43 bits per heavy atom. The van der Waals surface area contributed by atoms with Crippen LogP contribution in [0.25, 0.3) is 5.69 Å². The Balaban J connectivity index is 2.41. The van der Waals surface area contributed by atoms with Gasteiger partial charge in [-0.05, 0) is 38.1 Å². The third-order valence-electron chi connectivity index (χ3n) is 2.75. The van der Waals surface area contributed by atoms with E-state index in [4.69, 9.17) is 4.74 Å². The highest BCUT2D eigenvalue weighted by molar-refractivity contribution is 5.89. The zero-order chi connectivity index (χ0) is 15.6. The number of hydrogen-bond acceptors (Lipinski definition) is 4. The van der Waals surface area contributed by atoms with Gasteiger partial charge in [-0.15, -0.1) is 5.10 Å². The number of aromatic nitrogens is 3. The van der Waals surface area contributed by atoms with Crippen LogP contribution in [-0.4, -0.2) is 27.6 Å². The van der Waals surface area contributed by atoms with Crippen molar-refractivity contribution in [3.8, 4) is 5.69 Å². The van der Waals surface area contributed by atoms with Gasteiger partial charge >= 0.3 is 12.1 Å². The molecule has 0 aliphatic carbocycles. The first-order chi connectivity index (χ1) is 9.84. The Morgan fingerprint density at radius 1 is 1.29 bits per heavy atom. The number of hydrogen-bond donors (Lipinski definition) is 0. The molecule has 0 saturated heterocycles. The highest BCUT2D eigenvalue weighted by atomic mass is 19.4. The highest BCUT2D eigenvalue weighted by Crippen LogP contribution is 2.29. The number of carbonyl (C=O) groups is 1. The fourth-order valence-electron chi connectivity index (χ4n) is 1.76.